The van der Waals surface area contributed by atoms with Crippen molar-refractivity contribution in [2.45, 2.75) is 13.3 Å². The van der Waals surface area contributed by atoms with E-state index in [1.807, 2.05) is 12.3 Å². The predicted octanol–water partition coefficient (Wildman–Crippen LogP) is 0.737. The molecule has 0 saturated carbocycles. The molecule has 8 heteroatoms. The Morgan fingerprint density at radius 2 is 2.30 bits per heavy atom. The van der Waals surface area contributed by atoms with Crippen molar-refractivity contribution in [3.63, 3.8) is 0 Å². The summed E-state index contributed by atoms with van der Waals surface area (Å²) >= 11 is 1.56. The number of aromatic nitrogens is 1. The van der Waals surface area contributed by atoms with Gasteiger partial charge >= 0.3 is 12.0 Å². The quantitative estimate of drug-likeness (QED) is 0.739. The molecule has 2 amide bonds. The Hall–Kier alpha value is -1.67. The minimum absolute atomic E-state index is 0.241. The van der Waals surface area contributed by atoms with E-state index in [-0.39, 0.29) is 13.1 Å². The average Bonchev–Trinajstić information content (AvgIpc) is 2.79. The maximum absolute atomic E-state index is 11.9. The van der Waals surface area contributed by atoms with Gasteiger partial charge in [0.05, 0.1) is 17.3 Å². The fraction of sp³-hybridized carbons (Fsp3) is 0.583. The van der Waals surface area contributed by atoms with Crippen LogP contribution in [0.3, 0.4) is 0 Å². The number of hydrogen-bond donors (Lipinski definition) is 2. The molecule has 2 N–H and O–H groups in total. The van der Waals surface area contributed by atoms with Crippen LogP contribution in [0.4, 0.5) is 4.79 Å². The van der Waals surface area contributed by atoms with Crippen LogP contribution in [-0.4, -0.2) is 60.3 Å². The van der Waals surface area contributed by atoms with Crippen molar-refractivity contribution in [1.82, 2.24) is 15.2 Å². The van der Waals surface area contributed by atoms with Crippen molar-refractivity contribution in [1.29, 1.82) is 0 Å². The monoisotopic (exact) mass is 301 g/mol. The molecule has 0 aliphatic heterocycles. The van der Waals surface area contributed by atoms with Crippen LogP contribution in [-0.2, 0) is 16.0 Å². The molecule has 0 aromatic carbocycles. The molecule has 0 aliphatic carbocycles. The Morgan fingerprint density at radius 3 is 2.85 bits per heavy atom. The molecule has 0 aliphatic rings. The van der Waals surface area contributed by atoms with Gasteiger partial charge in [0.1, 0.15) is 6.54 Å². The number of amides is 2. The van der Waals surface area contributed by atoms with E-state index in [4.69, 9.17) is 9.84 Å². The zero-order valence-electron chi connectivity index (χ0n) is 11.6. The number of nitrogens with one attached hydrogen (secondary N) is 1. The lowest BCUT2D eigenvalue weighted by Crippen LogP contribution is -2.44. The fourth-order valence-electron chi connectivity index (χ4n) is 1.55. The van der Waals surface area contributed by atoms with E-state index in [1.165, 1.54) is 12.0 Å². The van der Waals surface area contributed by atoms with Gasteiger partial charge in [-0.05, 0) is 6.92 Å². The van der Waals surface area contributed by atoms with Gasteiger partial charge in [0, 0.05) is 32.0 Å². The van der Waals surface area contributed by atoms with E-state index in [0.717, 1.165) is 10.7 Å². The number of carboxylic acid groups (broad SMARTS) is 1. The Balaban J connectivity index is 2.38. The standard InChI is InChI=1S/C12H19N3O4S/c1-9-14-10(8-20-9)3-4-13-12(18)15(5-6-19-2)7-11(16)17/h8H,3-7H2,1-2H3,(H,13,18)(H,16,17). The van der Waals surface area contributed by atoms with Crippen LogP contribution in [0.15, 0.2) is 5.38 Å². The third-order valence-corrected chi connectivity index (χ3v) is 3.32. The topological polar surface area (TPSA) is 91.8 Å². The minimum Gasteiger partial charge on any atom is -0.480 e. The molecule has 0 unspecified atom stereocenters. The number of aryl methyl sites for hydroxylation is 1. The molecule has 20 heavy (non-hydrogen) atoms. The van der Waals surface area contributed by atoms with Gasteiger partial charge in [-0.2, -0.15) is 0 Å². The van der Waals surface area contributed by atoms with E-state index in [1.54, 1.807) is 11.3 Å². The van der Waals surface area contributed by atoms with E-state index >= 15 is 0 Å². The molecule has 7 nitrogen and oxygen atoms in total. The number of carboxylic acids is 1. The summed E-state index contributed by atoms with van der Waals surface area (Å²) in [4.78, 5) is 28.1. The normalized spacial score (nSPS) is 10.3. The highest BCUT2D eigenvalue weighted by molar-refractivity contribution is 7.09. The summed E-state index contributed by atoms with van der Waals surface area (Å²) in [5.41, 5.74) is 0.925. The molecular formula is C12H19N3O4S. The Morgan fingerprint density at radius 1 is 1.55 bits per heavy atom. The van der Waals surface area contributed by atoms with Gasteiger partial charge in [0.25, 0.3) is 0 Å². The van der Waals surface area contributed by atoms with Crippen LogP contribution < -0.4 is 5.32 Å². The first-order valence-electron chi connectivity index (χ1n) is 6.17. The number of nitrogens with zero attached hydrogens (tertiary/aromatic N) is 2. The minimum atomic E-state index is -1.05. The zero-order valence-corrected chi connectivity index (χ0v) is 12.4. The number of carbonyl (C=O) groups excluding carboxylic acids is 1. The zero-order chi connectivity index (χ0) is 15.0. The molecule has 0 spiro atoms. The van der Waals surface area contributed by atoms with E-state index in [9.17, 15) is 9.59 Å². The van der Waals surface area contributed by atoms with Crippen molar-refractivity contribution in [2.24, 2.45) is 0 Å². The molecule has 0 saturated heterocycles. The first-order valence-corrected chi connectivity index (χ1v) is 7.05. The van der Waals surface area contributed by atoms with E-state index in [0.29, 0.717) is 19.6 Å². The Bertz CT molecular complexity index is 450. The van der Waals surface area contributed by atoms with E-state index in [2.05, 4.69) is 10.3 Å². The highest BCUT2D eigenvalue weighted by Gasteiger charge is 2.15. The molecule has 1 aromatic rings. The summed E-state index contributed by atoms with van der Waals surface area (Å²) in [6, 6.07) is -0.406. The van der Waals surface area contributed by atoms with Crippen LogP contribution in [0.1, 0.15) is 10.7 Å². The summed E-state index contributed by atoms with van der Waals surface area (Å²) in [7, 11) is 1.50. The molecule has 1 aromatic heterocycles. The summed E-state index contributed by atoms with van der Waals surface area (Å²) in [5.74, 6) is -1.05. The van der Waals surface area contributed by atoms with Gasteiger partial charge in [-0.3, -0.25) is 4.79 Å². The van der Waals surface area contributed by atoms with Crippen LogP contribution in [0, 0.1) is 6.92 Å². The molecule has 0 bridgehead atoms. The largest absolute Gasteiger partial charge is 0.480 e. The molecule has 0 radical (unpaired) electrons. The highest BCUT2D eigenvalue weighted by atomic mass is 32.1. The van der Waals surface area contributed by atoms with Gasteiger partial charge in [-0.25, -0.2) is 9.78 Å². The number of ether oxygens (including phenoxy) is 1. The summed E-state index contributed by atoms with van der Waals surface area (Å²) < 4.78 is 4.86. The number of aliphatic carboxylic acids is 1. The molecular weight excluding hydrogens is 282 g/mol. The fourth-order valence-corrected chi connectivity index (χ4v) is 2.20. The van der Waals surface area contributed by atoms with Crippen molar-refractivity contribution in [3.05, 3.63) is 16.1 Å². The second-order valence-electron chi connectivity index (χ2n) is 4.15. The van der Waals surface area contributed by atoms with Crippen molar-refractivity contribution in [2.75, 3.05) is 33.4 Å². The predicted molar refractivity (Wildman–Crippen MR) is 75.0 cm³/mol. The molecule has 1 rings (SSSR count). The van der Waals surface area contributed by atoms with Gasteiger partial charge in [0.2, 0.25) is 0 Å². The number of hydrogen-bond acceptors (Lipinski definition) is 5. The average molecular weight is 301 g/mol. The maximum atomic E-state index is 11.9. The van der Waals surface area contributed by atoms with Crippen LogP contribution in [0.25, 0.3) is 0 Å². The van der Waals surface area contributed by atoms with E-state index < -0.39 is 12.0 Å². The van der Waals surface area contributed by atoms with Crippen molar-refractivity contribution < 1.29 is 19.4 Å². The first-order chi connectivity index (χ1) is 9.52. The van der Waals surface area contributed by atoms with Crippen molar-refractivity contribution >= 4 is 23.3 Å². The maximum Gasteiger partial charge on any atom is 0.323 e. The lowest BCUT2D eigenvalue weighted by atomic mass is 10.3. The second kappa shape index (κ2) is 8.49. The van der Waals surface area contributed by atoms with Crippen LogP contribution in [0.2, 0.25) is 0 Å². The van der Waals surface area contributed by atoms with Crippen molar-refractivity contribution in [3.8, 4) is 0 Å². The molecule has 0 fully saturated rings. The lowest BCUT2D eigenvalue weighted by Gasteiger charge is -2.20. The summed E-state index contributed by atoms with van der Waals surface area (Å²) in [5, 5.41) is 14.4. The summed E-state index contributed by atoms with van der Waals surface area (Å²) in [6.45, 7) is 2.54. The second-order valence-corrected chi connectivity index (χ2v) is 5.21. The highest BCUT2D eigenvalue weighted by Crippen LogP contribution is 2.07. The summed E-state index contributed by atoms with van der Waals surface area (Å²) in [6.07, 6.45) is 0.626. The lowest BCUT2D eigenvalue weighted by molar-refractivity contribution is -0.137. The molecule has 1 heterocycles. The van der Waals surface area contributed by atoms with Gasteiger partial charge in [-0.1, -0.05) is 0 Å². The number of thiazole rings is 1. The van der Waals surface area contributed by atoms with Gasteiger partial charge < -0.3 is 20.1 Å². The van der Waals surface area contributed by atoms with Gasteiger partial charge in [0.15, 0.2) is 0 Å². The van der Waals surface area contributed by atoms with Crippen LogP contribution in [0.5, 0.6) is 0 Å². The molecule has 112 valence electrons. The Kier molecular flexibility index (Phi) is 6.96. The third-order valence-electron chi connectivity index (χ3n) is 2.50. The number of rotatable bonds is 8. The number of methoxy groups -OCH3 is 1. The number of carbonyl (C=O) groups is 2. The Labute approximate surface area is 121 Å². The smallest absolute Gasteiger partial charge is 0.323 e. The SMILES string of the molecule is COCCN(CC(=O)O)C(=O)NCCc1csc(C)n1. The first kappa shape index (κ1) is 16.4. The van der Waals surface area contributed by atoms with Crippen LogP contribution >= 0.6 is 11.3 Å². The molecule has 0 atom stereocenters. The van der Waals surface area contributed by atoms with Gasteiger partial charge in [-0.15, -0.1) is 11.3 Å². The third kappa shape index (κ3) is 5.98. The number of urea groups is 1.